The zero-order chi connectivity index (χ0) is 16.7. The van der Waals surface area contributed by atoms with E-state index in [4.69, 9.17) is 15.3 Å². The summed E-state index contributed by atoms with van der Waals surface area (Å²) in [5, 5.41) is 31.7. The minimum atomic E-state index is -0.597. The Morgan fingerprint density at radius 2 is 2.09 bits per heavy atom. The molecule has 0 unspecified atom stereocenters. The molecule has 1 N–H and O–H groups in total. The fourth-order valence-corrected chi connectivity index (χ4v) is 1.55. The number of rotatable bonds is 5. The lowest BCUT2D eigenvalue weighted by Crippen LogP contribution is -1.98. The lowest BCUT2D eigenvalue weighted by molar-refractivity contribution is -0.384. The van der Waals surface area contributed by atoms with Crippen LogP contribution in [0, 0.1) is 32.8 Å². The van der Waals surface area contributed by atoms with Crippen LogP contribution in [0.2, 0.25) is 0 Å². The third-order valence-electron chi connectivity index (χ3n) is 2.48. The summed E-state index contributed by atoms with van der Waals surface area (Å²) in [6.07, 6.45) is 3.01. The van der Waals surface area contributed by atoms with Gasteiger partial charge in [0.15, 0.2) is 0 Å². The average Bonchev–Trinajstić information content (AvgIpc) is 2.56. The molecule has 0 aliphatic heterocycles. The van der Waals surface area contributed by atoms with Gasteiger partial charge in [-0.25, -0.2) is 0 Å². The summed E-state index contributed by atoms with van der Waals surface area (Å²) in [5.74, 6) is 0.581. The number of nitrogens with one attached hydrogen (secondary N) is 1. The number of non-ortho nitro benzene ring substituents is 1. The summed E-state index contributed by atoms with van der Waals surface area (Å²) < 4.78 is 5.48. The normalized spacial score (nSPS) is 9.13. The van der Waals surface area contributed by atoms with Crippen LogP contribution in [0.4, 0.5) is 11.4 Å². The molecule has 0 aliphatic carbocycles. The number of nitriles is 2. The minimum absolute atomic E-state index is 0.181. The van der Waals surface area contributed by atoms with Crippen LogP contribution in [0.3, 0.4) is 0 Å². The van der Waals surface area contributed by atoms with E-state index < -0.39 is 10.6 Å². The molecule has 0 aliphatic rings. The fraction of sp³-hybridized carbons (Fsp3) is 0. The molecule has 2 aromatic rings. The molecule has 0 bridgehead atoms. The number of nitrogens with zero attached hydrogens (tertiary/aromatic N) is 5. The zero-order valence-electron chi connectivity index (χ0n) is 11.5. The summed E-state index contributed by atoms with van der Waals surface area (Å²) in [5.41, 5.74) is 1.96. The first-order valence-electron chi connectivity index (χ1n) is 6.13. The summed E-state index contributed by atoms with van der Waals surface area (Å²) in [7, 11) is 0. The second kappa shape index (κ2) is 7.15. The van der Waals surface area contributed by atoms with Crippen LogP contribution >= 0.6 is 0 Å². The lowest BCUT2D eigenvalue weighted by Gasteiger charge is -2.07. The molecule has 0 fully saturated rings. The van der Waals surface area contributed by atoms with Gasteiger partial charge in [-0.05, 0) is 12.1 Å². The van der Waals surface area contributed by atoms with E-state index in [0.29, 0.717) is 5.75 Å². The maximum Gasteiger partial charge on any atom is 0.275 e. The van der Waals surface area contributed by atoms with Crippen molar-refractivity contribution in [3.05, 3.63) is 52.8 Å². The summed E-state index contributed by atoms with van der Waals surface area (Å²) in [6.45, 7) is 0. The highest BCUT2D eigenvalue weighted by molar-refractivity contribution is 6.10. The number of ether oxygens (including phenoxy) is 1. The van der Waals surface area contributed by atoms with Crippen molar-refractivity contribution in [3.8, 4) is 23.6 Å². The van der Waals surface area contributed by atoms with Crippen LogP contribution in [-0.2, 0) is 0 Å². The van der Waals surface area contributed by atoms with Crippen molar-refractivity contribution < 1.29 is 9.66 Å². The Bertz CT molecular complexity index is 820. The number of nitro groups is 1. The van der Waals surface area contributed by atoms with Gasteiger partial charge in [-0.3, -0.25) is 20.5 Å². The van der Waals surface area contributed by atoms with Crippen LogP contribution in [0.5, 0.6) is 11.5 Å². The van der Waals surface area contributed by atoms with Crippen LogP contribution in [0.1, 0.15) is 0 Å². The van der Waals surface area contributed by atoms with E-state index >= 15 is 0 Å². The van der Waals surface area contributed by atoms with Crippen molar-refractivity contribution in [3.63, 3.8) is 0 Å². The van der Waals surface area contributed by atoms with E-state index in [0.717, 1.165) is 0 Å². The first-order chi connectivity index (χ1) is 11.1. The van der Waals surface area contributed by atoms with Crippen molar-refractivity contribution >= 4 is 17.1 Å². The molecule has 0 atom stereocenters. The van der Waals surface area contributed by atoms with Gasteiger partial charge in [0.05, 0.1) is 22.9 Å². The number of pyridine rings is 1. The molecule has 0 amide bonds. The maximum absolute atomic E-state index is 11.0. The molecule has 2 rings (SSSR count). The molecule has 1 heterocycles. The van der Waals surface area contributed by atoms with Gasteiger partial charge in [-0.1, -0.05) is 0 Å². The quantitative estimate of drug-likeness (QED) is 0.509. The number of hydrogen-bond acceptors (Lipinski definition) is 8. The van der Waals surface area contributed by atoms with Gasteiger partial charge in [-0.15, -0.1) is 0 Å². The molecule has 1 aromatic carbocycles. The van der Waals surface area contributed by atoms with Crippen molar-refractivity contribution in [1.82, 2.24) is 4.98 Å². The average molecular weight is 308 g/mol. The summed E-state index contributed by atoms with van der Waals surface area (Å²) in [4.78, 5) is 14.3. The van der Waals surface area contributed by atoms with Gasteiger partial charge in [0.1, 0.15) is 23.6 Å². The van der Waals surface area contributed by atoms with E-state index in [1.165, 1.54) is 24.4 Å². The first-order valence-corrected chi connectivity index (χ1v) is 6.13. The number of hydrazone groups is 1. The molecule has 0 radical (unpaired) electrons. The monoisotopic (exact) mass is 308 g/mol. The highest BCUT2D eigenvalue weighted by Crippen LogP contribution is 2.29. The standard InChI is InChI=1S/C14H8N6O3/c15-7-11(8-16)19-18-10-4-12(20(21)22)6-14(5-10)23-13-2-1-3-17-9-13/h1-6,9,18H. The van der Waals surface area contributed by atoms with Crippen molar-refractivity contribution in [2.45, 2.75) is 0 Å². The Hall–Kier alpha value is -3.98. The van der Waals surface area contributed by atoms with E-state index in [1.54, 1.807) is 30.5 Å². The van der Waals surface area contributed by atoms with Crippen molar-refractivity contribution in [2.24, 2.45) is 5.10 Å². The largest absolute Gasteiger partial charge is 0.455 e. The lowest BCUT2D eigenvalue weighted by atomic mass is 10.2. The highest BCUT2D eigenvalue weighted by Gasteiger charge is 2.11. The van der Waals surface area contributed by atoms with Gasteiger partial charge in [0, 0.05) is 18.3 Å². The Morgan fingerprint density at radius 1 is 1.30 bits per heavy atom. The van der Waals surface area contributed by atoms with Crippen molar-refractivity contribution in [2.75, 3.05) is 5.43 Å². The van der Waals surface area contributed by atoms with Crippen LogP contribution < -0.4 is 10.2 Å². The third kappa shape index (κ3) is 4.24. The zero-order valence-corrected chi connectivity index (χ0v) is 11.5. The molecule has 1 aromatic heterocycles. The highest BCUT2D eigenvalue weighted by atomic mass is 16.6. The molecule has 0 saturated carbocycles. The number of anilines is 1. The Balaban J connectivity index is 2.33. The SMILES string of the molecule is N#CC(C#N)=NNc1cc(Oc2cccnc2)cc([N+](=O)[O-])c1. The maximum atomic E-state index is 11.0. The number of hydrogen-bond donors (Lipinski definition) is 1. The third-order valence-corrected chi connectivity index (χ3v) is 2.48. The second-order valence-electron chi connectivity index (χ2n) is 4.06. The van der Waals surface area contributed by atoms with E-state index in [-0.39, 0.29) is 17.1 Å². The van der Waals surface area contributed by atoms with Gasteiger partial charge >= 0.3 is 0 Å². The van der Waals surface area contributed by atoms with Crippen molar-refractivity contribution in [1.29, 1.82) is 10.5 Å². The fourth-order valence-electron chi connectivity index (χ4n) is 1.55. The smallest absolute Gasteiger partial charge is 0.275 e. The second-order valence-corrected chi connectivity index (χ2v) is 4.06. The van der Waals surface area contributed by atoms with Gasteiger partial charge in [0.2, 0.25) is 5.71 Å². The van der Waals surface area contributed by atoms with Gasteiger partial charge in [-0.2, -0.15) is 15.6 Å². The molecule has 0 spiro atoms. The molecule has 9 heteroatoms. The van der Waals surface area contributed by atoms with Crippen LogP contribution in [-0.4, -0.2) is 15.6 Å². The molecule has 9 nitrogen and oxygen atoms in total. The summed E-state index contributed by atoms with van der Waals surface area (Å²) >= 11 is 0. The Morgan fingerprint density at radius 3 is 2.70 bits per heavy atom. The molecule has 23 heavy (non-hydrogen) atoms. The van der Waals surface area contributed by atoms with Gasteiger partial charge in [0.25, 0.3) is 5.69 Å². The minimum Gasteiger partial charge on any atom is -0.455 e. The molecule has 112 valence electrons. The Kier molecular flexibility index (Phi) is 4.79. The van der Waals surface area contributed by atoms with Crippen LogP contribution in [0.25, 0.3) is 0 Å². The van der Waals surface area contributed by atoms with Gasteiger partial charge < -0.3 is 4.74 Å². The Labute approximate surface area is 130 Å². The number of aromatic nitrogens is 1. The predicted octanol–water partition coefficient (Wildman–Crippen LogP) is 2.60. The molecular formula is C14H8N6O3. The predicted molar refractivity (Wildman–Crippen MR) is 79.7 cm³/mol. The topological polar surface area (TPSA) is 137 Å². The van der Waals surface area contributed by atoms with E-state index in [2.05, 4.69) is 15.5 Å². The van der Waals surface area contributed by atoms with E-state index in [9.17, 15) is 10.1 Å². The first kappa shape index (κ1) is 15.4. The number of benzene rings is 1. The van der Waals surface area contributed by atoms with Crippen LogP contribution in [0.15, 0.2) is 47.8 Å². The molecule has 0 saturated heterocycles. The van der Waals surface area contributed by atoms with E-state index in [1.807, 2.05) is 0 Å². The molecular weight excluding hydrogens is 300 g/mol. The summed E-state index contributed by atoms with van der Waals surface area (Å²) in [6, 6.07) is 10.3. The number of nitro benzene ring substituents is 1.